The van der Waals surface area contributed by atoms with E-state index in [1.54, 1.807) is 0 Å². The molecule has 4 N–H and O–H groups in total. The molecule has 0 spiro atoms. The van der Waals surface area contributed by atoms with Crippen LogP contribution in [-0.4, -0.2) is 54.7 Å². The van der Waals surface area contributed by atoms with Gasteiger partial charge in [-0.1, -0.05) is 0 Å². The van der Waals surface area contributed by atoms with Crippen LogP contribution in [0.4, 0.5) is 5.82 Å². The second-order valence-corrected chi connectivity index (χ2v) is 7.56. The third kappa shape index (κ3) is 3.22. The van der Waals surface area contributed by atoms with Crippen LogP contribution in [-0.2, 0) is 7.80 Å². The predicted octanol–water partition coefficient (Wildman–Crippen LogP) is -8.05. The maximum absolute atomic E-state index is 10.6. The minimum atomic E-state index is -5.90. The number of anilines is 1. The van der Waals surface area contributed by atoms with E-state index in [2.05, 4.69) is 18.0 Å². The molecule has 12 nitrogen and oxygen atoms in total. The first-order chi connectivity index (χ1) is 10.8. The van der Waals surface area contributed by atoms with Crippen LogP contribution in [0.5, 0.6) is 0 Å². The van der Waals surface area contributed by atoms with Crippen molar-refractivity contribution in [2.24, 2.45) is 0 Å². The highest BCUT2D eigenvalue weighted by Crippen LogP contribution is 2.31. The Kier molecular flexibility index (Phi) is 4.36. The minimum Gasteiger partial charge on any atom is -0.387 e. The molecule has 0 bridgehead atoms. The topological polar surface area (TPSA) is 198 Å². The first kappa shape index (κ1) is 16.7. The van der Waals surface area contributed by atoms with Crippen LogP contribution in [0, 0.1) is 0 Å². The van der Waals surface area contributed by atoms with E-state index in [0.717, 1.165) is 0 Å². The molecule has 3 heterocycles. The van der Waals surface area contributed by atoms with E-state index in [1.807, 2.05) is 0 Å². The van der Waals surface area contributed by atoms with Crippen LogP contribution < -0.4 is 36.1 Å². The van der Waals surface area contributed by atoms with Crippen molar-refractivity contribution >= 4 is 17.0 Å². The van der Waals surface area contributed by atoms with Crippen molar-refractivity contribution in [3.8, 4) is 0 Å². The Labute approximate surface area is 134 Å². The zero-order valence-corrected chi connectivity index (χ0v) is 13.5. The van der Waals surface area contributed by atoms with Crippen molar-refractivity contribution in [2.45, 2.75) is 24.5 Å². The standard InChI is InChI=1S/C10H12IN5O7/c12-8-5-9(14-2-13-8)16(3-15-5)10-7(18)6(17)4(23-10)1-22-11(19,20)21/h2-4,6-7,10,17-18H,1H2,(H2,12,13,14)/t4-,6-,7-,10-/m1/s1. The van der Waals surface area contributed by atoms with E-state index in [0.29, 0.717) is 0 Å². The molecule has 0 amide bonds. The van der Waals surface area contributed by atoms with Gasteiger partial charge in [-0.3, -0.25) is 14.9 Å². The molecule has 1 aliphatic rings. The highest BCUT2D eigenvalue weighted by Gasteiger charge is 2.47. The molecular formula is C10H12IN5O7. The summed E-state index contributed by atoms with van der Waals surface area (Å²) in [4.78, 5) is 11.8. The second kappa shape index (κ2) is 6.02. The largest absolute Gasteiger partial charge is 0.387 e. The summed E-state index contributed by atoms with van der Waals surface area (Å²) in [5, 5.41) is 20.0. The number of hydrogen-bond donors (Lipinski definition) is 3. The van der Waals surface area contributed by atoms with Gasteiger partial charge in [0, 0.05) is 3.07 Å². The SMILES string of the molecule is Nc1ncnc2c1ncn2[C@@H]1O[C@H](CO[I+3]([O-])([O-])[O-])[C@@H](O)[C@H]1O. The summed E-state index contributed by atoms with van der Waals surface area (Å²) in [5.74, 6) is 0.128. The van der Waals surface area contributed by atoms with E-state index < -0.39 is 51.2 Å². The summed E-state index contributed by atoms with van der Waals surface area (Å²) in [6, 6.07) is 0. The number of imidazole rings is 1. The average Bonchev–Trinajstić information content (AvgIpc) is 3.01. The molecule has 0 aromatic carbocycles. The first-order valence-electron chi connectivity index (χ1n) is 6.28. The fourth-order valence-electron chi connectivity index (χ4n) is 2.29. The fourth-order valence-corrected chi connectivity index (χ4v) is 3.09. The molecule has 2 aromatic heterocycles. The molecule has 23 heavy (non-hydrogen) atoms. The molecule has 0 unspecified atom stereocenters. The van der Waals surface area contributed by atoms with Gasteiger partial charge < -0.3 is 20.7 Å². The lowest BCUT2D eigenvalue weighted by molar-refractivity contribution is -1.92. The Bertz CT molecular complexity index is 706. The lowest BCUT2D eigenvalue weighted by Gasteiger charge is -2.16. The van der Waals surface area contributed by atoms with E-state index in [-0.39, 0.29) is 17.0 Å². The lowest BCUT2D eigenvalue weighted by atomic mass is 10.1. The van der Waals surface area contributed by atoms with Crippen LogP contribution in [0.3, 0.4) is 0 Å². The van der Waals surface area contributed by atoms with Crippen LogP contribution in [0.25, 0.3) is 11.2 Å². The third-order valence-electron chi connectivity index (χ3n) is 3.36. The smallest absolute Gasteiger partial charge is 0.372 e. The summed E-state index contributed by atoms with van der Waals surface area (Å²) in [5.41, 5.74) is 6.20. The fraction of sp³-hybridized carbons (Fsp3) is 0.500. The van der Waals surface area contributed by atoms with Gasteiger partial charge >= 0.3 is 20.1 Å². The summed E-state index contributed by atoms with van der Waals surface area (Å²) in [6.45, 7) is -0.689. The van der Waals surface area contributed by atoms with Gasteiger partial charge in [0.05, 0.1) is 6.33 Å². The molecule has 1 fully saturated rings. The van der Waals surface area contributed by atoms with Crippen molar-refractivity contribution in [3.05, 3.63) is 12.7 Å². The molecule has 0 saturated carbocycles. The summed E-state index contributed by atoms with van der Waals surface area (Å²) >= 11 is -5.90. The number of aromatic nitrogens is 4. The molecule has 13 heteroatoms. The lowest BCUT2D eigenvalue weighted by Crippen LogP contribution is -4.24. The summed E-state index contributed by atoms with van der Waals surface area (Å²) in [6.07, 6.45) is -2.70. The van der Waals surface area contributed by atoms with Gasteiger partial charge in [0.2, 0.25) is 6.61 Å². The molecule has 4 atom stereocenters. The number of nitrogens with zero attached hydrogens (tertiary/aromatic N) is 4. The molecule has 126 valence electrons. The Morgan fingerprint density at radius 2 is 2.00 bits per heavy atom. The number of fused-ring (bicyclic) bond motifs is 1. The van der Waals surface area contributed by atoms with Crippen LogP contribution in [0.15, 0.2) is 12.7 Å². The molecule has 0 radical (unpaired) electrons. The number of rotatable bonds is 4. The van der Waals surface area contributed by atoms with Crippen LogP contribution in [0.2, 0.25) is 0 Å². The predicted molar refractivity (Wildman–Crippen MR) is 61.6 cm³/mol. The number of nitrogen functional groups attached to an aromatic ring is 1. The van der Waals surface area contributed by atoms with Gasteiger partial charge in [0.15, 0.2) is 17.7 Å². The highest BCUT2D eigenvalue weighted by atomic mass is 127. The van der Waals surface area contributed by atoms with Gasteiger partial charge in [-0.25, -0.2) is 15.0 Å². The van der Waals surface area contributed by atoms with Crippen LogP contribution in [0.1, 0.15) is 6.23 Å². The van der Waals surface area contributed by atoms with Crippen molar-refractivity contribution < 1.29 is 48.4 Å². The Morgan fingerprint density at radius 3 is 2.70 bits per heavy atom. The number of aliphatic hydroxyl groups is 2. The quantitative estimate of drug-likeness (QED) is 0.381. The van der Waals surface area contributed by atoms with Gasteiger partial charge in [-0.15, -0.1) is 0 Å². The van der Waals surface area contributed by atoms with Gasteiger partial charge in [0.1, 0.15) is 30.2 Å². The molecule has 3 rings (SSSR count). The van der Waals surface area contributed by atoms with Crippen molar-refractivity contribution in [2.75, 3.05) is 12.3 Å². The van der Waals surface area contributed by atoms with Crippen molar-refractivity contribution in [1.29, 1.82) is 0 Å². The average molecular weight is 441 g/mol. The summed E-state index contributed by atoms with van der Waals surface area (Å²) in [7, 11) is 0. The highest BCUT2D eigenvalue weighted by molar-refractivity contribution is 5.81. The van der Waals surface area contributed by atoms with Gasteiger partial charge in [-0.05, 0) is 0 Å². The van der Waals surface area contributed by atoms with Gasteiger partial charge in [-0.2, -0.15) is 0 Å². The minimum absolute atomic E-state index is 0.128. The van der Waals surface area contributed by atoms with Crippen molar-refractivity contribution in [3.63, 3.8) is 0 Å². The molecular weight excluding hydrogens is 429 g/mol. The molecule has 2 aromatic rings. The maximum Gasteiger partial charge on any atom is 0.372 e. The Hall–Kier alpha value is -1.20. The zero-order chi connectivity index (χ0) is 16.8. The number of hydrogen-bond acceptors (Lipinski definition) is 11. The van der Waals surface area contributed by atoms with Crippen molar-refractivity contribution in [1.82, 2.24) is 19.5 Å². The summed E-state index contributed by atoms with van der Waals surface area (Å²) < 4.78 is 42.6. The van der Waals surface area contributed by atoms with Crippen LogP contribution >= 0.6 is 0 Å². The zero-order valence-electron chi connectivity index (χ0n) is 11.4. The molecule has 1 aliphatic heterocycles. The van der Waals surface area contributed by atoms with Gasteiger partial charge in [0.25, 0.3) is 0 Å². The van der Waals surface area contributed by atoms with E-state index in [1.165, 1.54) is 17.2 Å². The van der Waals surface area contributed by atoms with E-state index in [9.17, 15) is 20.5 Å². The Morgan fingerprint density at radius 1 is 1.26 bits per heavy atom. The Balaban J connectivity index is 1.84. The number of ether oxygens (including phenoxy) is 1. The van der Waals surface area contributed by atoms with E-state index in [4.69, 9.17) is 10.5 Å². The second-order valence-electron chi connectivity index (χ2n) is 4.78. The molecule has 0 aliphatic carbocycles. The number of nitrogens with two attached hydrogens (primary N) is 1. The normalized spacial score (nSPS) is 28.6. The third-order valence-corrected chi connectivity index (χ3v) is 4.48. The first-order valence-corrected chi connectivity index (χ1v) is 9.80. The monoisotopic (exact) mass is 441 g/mol. The number of aliphatic hydroxyl groups excluding tert-OH is 2. The number of halogens is 1. The maximum atomic E-state index is 10.6. The molecule has 1 saturated heterocycles. The van der Waals surface area contributed by atoms with E-state index >= 15 is 0 Å².